The third kappa shape index (κ3) is 3.15. The van der Waals surface area contributed by atoms with E-state index in [1.807, 2.05) is 6.07 Å². The maximum Gasteiger partial charge on any atom is 0.145 e. The number of nitrogens with zero attached hydrogens (tertiary/aromatic N) is 3. The lowest BCUT2D eigenvalue weighted by atomic mass is 10.1. The zero-order valence-corrected chi connectivity index (χ0v) is 13.6. The molecule has 3 rings (SSSR count). The van der Waals surface area contributed by atoms with Crippen LogP contribution in [0.25, 0.3) is 10.9 Å². The van der Waals surface area contributed by atoms with Crippen LogP contribution in [0.5, 0.6) is 5.75 Å². The van der Waals surface area contributed by atoms with Crippen LogP contribution in [0.3, 0.4) is 0 Å². The Balaban J connectivity index is 1.92. The number of pyridine rings is 2. The molecule has 0 aliphatic heterocycles. The van der Waals surface area contributed by atoms with Crippen molar-refractivity contribution in [2.24, 2.45) is 5.10 Å². The zero-order chi connectivity index (χ0) is 17.1. The number of nitrogens with one attached hydrogen (secondary N) is 1. The van der Waals surface area contributed by atoms with Crippen LogP contribution < -0.4 is 5.43 Å². The number of fused-ring (bicyclic) bond motifs is 1. The maximum absolute atomic E-state index is 10.1. The standard InChI is InChI=1S/C17H15ClN4O2/c1-10-17(24)14(11(9-23)7-20-10)8-21-22-15-4-5-19-16-6-12(18)2-3-13(15)16/h2-8,23-24H,9H2,1H3,(H,19,22)/b21-8+. The predicted molar refractivity (Wildman–Crippen MR) is 94.5 cm³/mol. The molecule has 3 N–H and O–H groups in total. The SMILES string of the molecule is Cc1ncc(CO)c(/C=N/Nc2ccnc3cc(Cl)ccc23)c1O. The Kier molecular flexibility index (Phi) is 4.59. The molecule has 0 amide bonds. The number of hydrogen-bond acceptors (Lipinski definition) is 6. The average Bonchev–Trinajstić information content (AvgIpc) is 2.58. The number of hydrogen-bond donors (Lipinski definition) is 3. The first-order valence-electron chi connectivity index (χ1n) is 7.22. The maximum atomic E-state index is 10.1. The molecule has 2 aromatic heterocycles. The van der Waals surface area contributed by atoms with Crippen LogP contribution in [-0.2, 0) is 6.61 Å². The molecular formula is C17H15ClN4O2. The molecule has 0 aliphatic rings. The Hall–Kier alpha value is -2.70. The number of aromatic nitrogens is 2. The van der Waals surface area contributed by atoms with Gasteiger partial charge in [0.25, 0.3) is 0 Å². The minimum atomic E-state index is -0.237. The van der Waals surface area contributed by atoms with Crippen molar-refractivity contribution in [3.05, 3.63) is 58.5 Å². The molecule has 3 aromatic rings. The lowest BCUT2D eigenvalue weighted by molar-refractivity contribution is 0.280. The van der Waals surface area contributed by atoms with Gasteiger partial charge in [-0.1, -0.05) is 11.6 Å². The smallest absolute Gasteiger partial charge is 0.145 e. The fourth-order valence-corrected chi connectivity index (χ4v) is 2.47. The lowest BCUT2D eigenvalue weighted by Crippen LogP contribution is -2.00. The number of benzene rings is 1. The van der Waals surface area contributed by atoms with E-state index in [-0.39, 0.29) is 12.4 Å². The fourth-order valence-electron chi connectivity index (χ4n) is 2.31. The van der Waals surface area contributed by atoms with Crippen LogP contribution in [0.1, 0.15) is 16.8 Å². The summed E-state index contributed by atoms with van der Waals surface area (Å²) in [6.45, 7) is 1.44. The van der Waals surface area contributed by atoms with Crippen molar-refractivity contribution in [1.82, 2.24) is 9.97 Å². The summed E-state index contributed by atoms with van der Waals surface area (Å²) in [6.07, 6.45) is 4.63. The van der Waals surface area contributed by atoms with Gasteiger partial charge in [-0.15, -0.1) is 0 Å². The summed E-state index contributed by atoms with van der Waals surface area (Å²) in [7, 11) is 0. The van der Waals surface area contributed by atoms with Crippen molar-refractivity contribution in [2.75, 3.05) is 5.43 Å². The molecule has 122 valence electrons. The van der Waals surface area contributed by atoms with E-state index < -0.39 is 0 Å². The molecule has 0 unspecified atom stereocenters. The van der Waals surface area contributed by atoms with Crippen molar-refractivity contribution >= 4 is 34.4 Å². The van der Waals surface area contributed by atoms with Crippen LogP contribution in [0, 0.1) is 6.92 Å². The number of hydrazone groups is 1. The number of aryl methyl sites for hydroxylation is 1. The molecule has 0 radical (unpaired) electrons. The zero-order valence-electron chi connectivity index (χ0n) is 12.9. The number of aliphatic hydroxyl groups excluding tert-OH is 1. The number of halogens is 1. The van der Waals surface area contributed by atoms with Crippen LogP contribution in [-0.4, -0.2) is 26.4 Å². The summed E-state index contributed by atoms with van der Waals surface area (Å²) in [5.41, 5.74) is 5.83. The topological polar surface area (TPSA) is 90.6 Å². The third-order valence-corrected chi connectivity index (χ3v) is 3.85. The first-order chi connectivity index (χ1) is 11.6. The largest absolute Gasteiger partial charge is 0.505 e. The number of aromatic hydroxyl groups is 1. The first kappa shape index (κ1) is 16.2. The normalized spacial score (nSPS) is 11.3. The predicted octanol–water partition coefficient (Wildman–Crippen LogP) is 3.24. The molecule has 6 nitrogen and oxygen atoms in total. The number of rotatable bonds is 4. The third-order valence-electron chi connectivity index (χ3n) is 3.61. The molecule has 2 heterocycles. The van der Waals surface area contributed by atoms with Crippen molar-refractivity contribution in [3.8, 4) is 5.75 Å². The van der Waals surface area contributed by atoms with Crippen LogP contribution in [0.4, 0.5) is 5.69 Å². The lowest BCUT2D eigenvalue weighted by Gasteiger charge is -2.08. The Labute approximate surface area is 143 Å². The summed E-state index contributed by atoms with van der Waals surface area (Å²) >= 11 is 5.97. The molecule has 0 bridgehead atoms. The summed E-state index contributed by atoms with van der Waals surface area (Å²) in [5, 5.41) is 25.1. The number of anilines is 1. The molecule has 24 heavy (non-hydrogen) atoms. The molecule has 7 heteroatoms. The highest BCUT2D eigenvalue weighted by atomic mass is 35.5. The highest BCUT2D eigenvalue weighted by Crippen LogP contribution is 2.25. The van der Waals surface area contributed by atoms with E-state index in [1.165, 1.54) is 12.4 Å². The van der Waals surface area contributed by atoms with E-state index in [2.05, 4.69) is 20.5 Å². The minimum Gasteiger partial charge on any atom is -0.505 e. The van der Waals surface area contributed by atoms with Crippen LogP contribution in [0.2, 0.25) is 5.02 Å². The van der Waals surface area contributed by atoms with Gasteiger partial charge in [0.1, 0.15) is 5.75 Å². The molecule has 1 aromatic carbocycles. The Morgan fingerprint density at radius 2 is 2.12 bits per heavy atom. The van der Waals surface area contributed by atoms with Gasteiger partial charge in [-0.05, 0) is 31.2 Å². The molecule has 0 saturated carbocycles. The van der Waals surface area contributed by atoms with E-state index in [1.54, 1.807) is 31.3 Å². The summed E-state index contributed by atoms with van der Waals surface area (Å²) in [6, 6.07) is 7.20. The Morgan fingerprint density at radius 1 is 1.29 bits per heavy atom. The van der Waals surface area contributed by atoms with E-state index in [9.17, 15) is 10.2 Å². The molecule has 0 saturated heterocycles. The first-order valence-corrected chi connectivity index (χ1v) is 7.59. The van der Waals surface area contributed by atoms with Crippen molar-refractivity contribution in [1.29, 1.82) is 0 Å². The average molecular weight is 343 g/mol. The monoisotopic (exact) mass is 342 g/mol. The second-order valence-electron chi connectivity index (χ2n) is 5.18. The minimum absolute atomic E-state index is 0.00142. The molecular weight excluding hydrogens is 328 g/mol. The van der Waals surface area contributed by atoms with Gasteiger partial charge >= 0.3 is 0 Å². The van der Waals surface area contributed by atoms with Crippen molar-refractivity contribution in [3.63, 3.8) is 0 Å². The highest BCUT2D eigenvalue weighted by molar-refractivity contribution is 6.31. The van der Waals surface area contributed by atoms with Gasteiger partial charge in [-0.2, -0.15) is 5.10 Å². The van der Waals surface area contributed by atoms with E-state index in [4.69, 9.17) is 11.6 Å². The van der Waals surface area contributed by atoms with E-state index >= 15 is 0 Å². The fraction of sp³-hybridized carbons (Fsp3) is 0.118. The highest BCUT2D eigenvalue weighted by Gasteiger charge is 2.09. The molecule has 0 fully saturated rings. The van der Waals surface area contributed by atoms with Gasteiger partial charge in [-0.25, -0.2) is 0 Å². The van der Waals surface area contributed by atoms with Crippen LogP contribution in [0.15, 0.2) is 41.8 Å². The van der Waals surface area contributed by atoms with Gasteiger partial charge in [0, 0.05) is 33.9 Å². The van der Waals surface area contributed by atoms with Gasteiger partial charge in [0.15, 0.2) is 0 Å². The van der Waals surface area contributed by atoms with E-state index in [0.29, 0.717) is 21.8 Å². The Morgan fingerprint density at radius 3 is 2.92 bits per heavy atom. The summed E-state index contributed by atoms with van der Waals surface area (Å²) < 4.78 is 0. The summed E-state index contributed by atoms with van der Waals surface area (Å²) in [4.78, 5) is 8.28. The quantitative estimate of drug-likeness (QED) is 0.500. The van der Waals surface area contributed by atoms with Gasteiger partial charge in [0.2, 0.25) is 0 Å². The Bertz CT molecular complexity index is 928. The summed E-state index contributed by atoms with van der Waals surface area (Å²) in [5.74, 6) is -0.00142. The van der Waals surface area contributed by atoms with Crippen molar-refractivity contribution in [2.45, 2.75) is 13.5 Å². The van der Waals surface area contributed by atoms with Gasteiger partial charge < -0.3 is 10.2 Å². The van der Waals surface area contributed by atoms with Crippen LogP contribution >= 0.6 is 11.6 Å². The van der Waals surface area contributed by atoms with Gasteiger partial charge in [-0.3, -0.25) is 15.4 Å². The molecule has 0 spiro atoms. The van der Waals surface area contributed by atoms with E-state index in [0.717, 1.165) is 16.6 Å². The second kappa shape index (κ2) is 6.82. The van der Waals surface area contributed by atoms with Gasteiger partial charge in [0.05, 0.1) is 29.7 Å². The number of aliphatic hydroxyl groups is 1. The molecule has 0 aliphatic carbocycles. The molecule has 0 atom stereocenters. The van der Waals surface area contributed by atoms with Crippen molar-refractivity contribution < 1.29 is 10.2 Å². The second-order valence-corrected chi connectivity index (χ2v) is 5.62.